The average Bonchev–Trinajstić information content (AvgIpc) is 2.44. The minimum absolute atomic E-state index is 0.812. The topological polar surface area (TPSA) is 15.3 Å². The van der Waals surface area contributed by atoms with Crippen molar-refractivity contribution in [1.82, 2.24) is 10.2 Å². The van der Waals surface area contributed by atoms with E-state index in [1.807, 2.05) is 23.9 Å². The van der Waals surface area contributed by atoms with Crippen LogP contribution in [-0.2, 0) is 5.75 Å². The van der Waals surface area contributed by atoms with Crippen LogP contribution < -0.4 is 5.32 Å². The maximum absolute atomic E-state index is 5.86. The number of likely N-dealkylation sites (N-methyl/N-ethyl adjacent to an activating group) is 1. The van der Waals surface area contributed by atoms with E-state index in [1.165, 1.54) is 5.56 Å². The van der Waals surface area contributed by atoms with E-state index in [0.29, 0.717) is 0 Å². The highest BCUT2D eigenvalue weighted by Gasteiger charge is 1.98. The van der Waals surface area contributed by atoms with E-state index < -0.39 is 0 Å². The number of benzene rings is 1. The van der Waals surface area contributed by atoms with E-state index in [9.17, 15) is 0 Å². The van der Waals surface area contributed by atoms with Crippen LogP contribution in [0, 0.1) is 0 Å². The molecule has 108 valence electrons. The Bertz CT molecular complexity index is 325. The van der Waals surface area contributed by atoms with Gasteiger partial charge in [-0.15, -0.1) is 0 Å². The standard InChI is InChI=1S/C15H25ClN2S/c1-3-18(4-2)11-9-17-10-12-19-13-14-5-7-15(16)8-6-14/h5-8,17H,3-4,9-13H2,1-2H3. The van der Waals surface area contributed by atoms with Crippen molar-refractivity contribution in [1.29, 1.82) is 0 Å². The molecule has 1 aromatic carbocycles. The van der Waals surface area contributed by atoms with Crippen molar-refractivity contribution in [2.45, 2.75) is 19.6 Å². The first-order chi connectivity index (χ1) is 9.26. The van der Waals surface area contributed by atoms with Crippen molar-refractivity contribution in [2.24, 2.45) is 0 Å². The van der Waals surface area contributed by atoms with Gasteiger partial charge in [0.2, 0.25) is 0 Å². The second kappa shape index (κ2) is 10.6. The Kier molecular flexibility index (Phi) is 9.35. The Morgan fingerprint density at radius 2 is 1.79 bits per heavy atom. The Morgan fingerprint density at radius 3 is 2.42 bits per heavy atom. The molecule has 0 radical (unpaired) electrons. The van der Waals surface area contributed by atoms with Gasteiger partial charge < -0.3 is 10.2 Å². The summed E-state index contributed by atoms with van der Waals surface area (Å²) in [6.07, 6.45) is 0. The predicted molar refractivity (Wildman–Crippen MR) is 88.3 cm³/mol. The fraction of sp³-hybridized carbons (Fsp3) is 0.600. The second-order valence-corrected chi connectivity index (χ2v) is 6.00. The van der Waals surface area contributed by atoms with E-state index >= 15 is 0 Å². The Balaban J connectivity index is 1.98. The fourth-order valence-corrected chi connectivity index (χ4v) is 2.80. The molecule has 0 aliphatic rings. The number of nitrogens with one attached hydrogen (secondary N) is 1. The Morgan fingerprint density at radius 1 is 1.11 bits per heavy atom. The van der Waals surface area contributed by atoms with Crippen LogP contribution in [0.3, 0.4) is 0 Å². The Hall–Kier alpha value is -0.220. The molecule has 0 amide bonds. The highest BCUT2D eigenvalue weighted by molar-refractivity contribution is 7.98. The average molecular weight is 301 g/mol. The number of hydrogen-bond acceptors (Lipinski definition) is 3. The summed E-state index contributed by atoms with van der Waals surface area (Å²) in [4.78, 5) is 2.44. The van der Waals surface area contributed by atoms with E-state index in [0.717, 1.165) is 49.3 Å². The van der Waals surface area contributed by atoms with Crippen LogP contribution in [0.5, 0.6) is 0 Å². The molecular weight excluding hydrogens is 276 g/mol. The zero-order valence-corrected chi connectivity index (χ0v) is 13.6. The van der Waals surface area contributed by atoms with E-state index in [4.69, 9.17) is 11.6 Å². The summed E-state index contributed by atoms with van der Waals surface area (Å²) in [5.74, 6) is 2.22. The first-order valence-corrected chi connectivity index (χ1v) is 8.54. The van der Waals surface area contributed by atoms with E-state index in [2.05, 4.69) is 36.2 Å². The third-order valence-electron chi connectivity index (χ3n) is 3.10. The van der Waals surface area contributed by atoms with Gasteiger partial charge in [-0.25, -0.2) is 0 Å². The van der Waals surface area contributed by atoms with Crippen LogP contribution in [0.15, 0.2) is 24.3 Å². The molecule has 0 bridgehead atoms. The molecule has 0 atom stereocenters. The molecule has 0 aliphatic heterocycles. The predicted octanol–water partition coefficient (Wildman–Crippen LogP) is 3.50. The van der Waals surface area contributed by atoms with Crippen LogP contribution >= 0.6 is 23.4 Å². The molecule has 0 fully saturated rings. The van der Waals surface area contributed by atoms with Gasteiger partial charge in [-0.05, 0) is 30.8 Å². The third kappa shape index (κ3) is 7.83. The highest BCUT2D eigenvalue weighted by Crippen LogP contribution is 2.14. The fourth-order valence-electron chi connectivity index (χ4n) is 1.82. The van der Waals surface area contributed by atoms with Crippen LogP contribution in [0.1, 0.15) is 19.4 Å². The second-order valence-electron chi connectivity index (χ2n) is 4.46. The van der Waals surface area contributed by atoms with Crippen LogP contribution in [0.4, 0.5) is 0 Å². The van der Waals surface area contributed by atoms with Gasteiger partial charge in [0.05, 0.1) is 0 Å². The number of halogens is 1. The van der Waals surface area contributed by atoms with Crippen molar-refractivity contribution < 1.29 is 0 Å². The number of hydrogen-bond donors (Lipinski definition) is 1. The maximum atomic E-state index is 5.86. The Labute approximate surface area is 126 Å². The molecule has 1 rings (SSSR count). The monoisotopic (exact) mass is 300 g/mol. The molecule has 0 spiro atoms. The minimum Gasteiger partial charge on any atom is -0.315 e. The van der Waals surface area contributed by atoms with E-state index in [-0.39, 0.29) is 0 Å². The van der Waals surface area contributed by atoms with Crippen molar-refractivity contribution >= 4 is 23.4 Å². The molecule has 2 nitrogen and oxygen atoms in total. The zero-order chi connectivity index (χ0) is 13.9. The summed E-state index contributed by atoms with van der Waals surface area (Å²) in [7, 11) is 0. The number of thioether (sulfide) groups is 1. The van der Waals surface area contributed by atoms with Gasteiger partial charge in [-0.3, -0.25) is 0 Å². The minimum atomic E-state index is 0.812. The van der Waals surface area contributed by atoms with Crippen molar-refractivity contribution in [3.63, 3.8) is 0 Å². The summed E-state index contributed by atoms with van der Waals surface area (Å²) in [5, 5.41) is 4.31. The van der Waals surface area contributed by atoms with E-state index in [1.54, 1.807) is 0 Å². The summed E-state index contributed by atoms with van der Waals surface area (Å²) in [5.41, 5.74) is 1.34. The van der Waals surface area contributed by atoms with Gasteiger partial charge in [-0.1, -0.05) is 37.6 Å². The lowest BCUT2D eigenvalue weighted by Crippen LogP contribution is -2.32. The molecule has 1 aromatic rings. The molecule has 0 unspecified atom stereocenters. The largest absolute Gasteiger partial charge is 0.315 e. The van der Waals surface area contributed by atoms with Gasteiger partial charge in [0.15, 0.2) is 0 Å². The molecule has 0 saturated heterocycles. The van der Waals surface area contributed by atoms with Crippen LogP contribution in [0.25, 0.3) is 0 Å². The van der Waals surface area contributed by atoms with Gasteiger partial charge in [0.1, 0.15) is 0 Å². The van der Waals surface area contributed by atoms with Gasteiger partial charge in [0.25, 0.3) is 0 Å². The molecule has 0 aliphatic carbocycles. The zero-order valence-electron chi connectivity index (χ0n) is 12.0. The summed E-state index contributed by atoms with van der Waals surface area (Å²) >= 11 is 7.82. The molecule has 19 heavy (non-hydrogen) atoms. The molecule has 0 saturated carbocycles. The van der Waals surface area contributed by atoms with Crippen molar-refractivity contribution in [3.8, 4) is 0 Å². The molecule has 4 heteroatoms. The first-order valence-electron chi connectivity index (χ1n) is 7.01. The normalized spacial score (nSPS) is 11.2. The van der Waals surface area contributed by atoms with Gasteiger partial charge in [-0.2, -0.15) is 11.8 Å². The van der Waals surface area contributed by atoms with Crippen molar-refractivity contribution in [3.05, 3.63) is 34.9 Å². The first kappa shape index (κ1) is 16.8. The molecule has 0 aromatic heterocycles. The quantitative estimate of drug-likeness (QED) is 0.666. The number of rotatable bonds is 10. The summed E-state index contributed by atoms with van der Waals surface area (Å²) < 4.78 is 0. The third-order valence-corrected chi connectivity index (χ3v) is 4.39. The lowest BCUT2D eigenvalue weighted by atomic mass is 10.2. The molecule has 0 heterocycles. The smallest absolute Gasteiger partial charge is 0.0406 e. The van der Waals surface area contributed by atoms with Crippen LogP contribution in [-0.4, -0.2) is 43.4 Å². The lowest BCUT2D eigenvalue weighted by Gasteiger charge is -2.17. The van der Waals surface area contributed by atoms with Crippen LogP contribution in [0.2, 0.25) is 5.02 Å². The molecule has 1 N–H and O–H groups in total. The van der Waals surface area contributed by atoms with Gasteiger partial charge >= 0.3 is 0 Å². The highest BCUT2D eigenvalue weighted by atomic mass is 35.5. The van der Waals surface area contributed by atoms with Gasteiger partial charge in [0, 0.05) is 36.2 Å². The lowest BCUT2D eigenvalue weighted by molar-refractivity contribution is 0.303. The SMILES string of the molecule is CCN(CC)CCNCCSCc1ccc(Cl)cc1. The maximum Gasteiger partial charge on any atom is 0.0406 e. The molecular formula is C15H25ClN2S. The summed E-state index contributed by atoms with van der Waals surface area (Å²) in [6.45, 7) is 10.0. The van der Waals surface area contributed by atoms with Crippen molar-refractivity contribution in [2.75, 3.05) is 38.5 Å². The summed E-state index contributed by atoms with van der Waals surface area (Å²) in [6, 6.07) is 8.12. The number of nitrogens with zero attached hydrogens (tertiary/aromatic N) is 1.